The number of ether oxygens (including phenoxy) is 1. The molecule has 0 saturated heterocycles. The Hall–Kier alpha value is -2.39. The number of benzene rings is 1. The lowest BCUT2D eigenvalue weighted by Crippen LogP contribution is -2.01. The van der Waals surface area contributed by atoms with Crippen LogP contribution >= 0.6 is 11.6 Å². The third kappa shape index (κ3) is 2.95. The molecule has 0 amide bonds. The normalized spacial score (nSPS) is 9.90. The van der Waals surface area contributed by atoms with E-state index in [9.17, 15) is 4.39 Å². The van der Waals surface area contributed by atoms with Crippen LogP contribution in [0.25, 0.3) is 0 Å². The molecule has 0 aliphatic carbocycles. The monoisotopic (exact) mass is 292 g/mol. The summed E-state index contributed by atoms with van der Waals surface area (Å²) < 4.78 is 19.0. The van der Waals surface area contributed by atoms with Crippen molar-refractivity contribution < 1.29 is 9.13 Å². The highest BCUT2D eigenvalue weighted by Crippen LogP contribution is 2.30. The number of hydrogen-bond donors (Lipinski definition) is 1. The lowest BCUT2D eigenvalue weighted by molar-refractivity contribution is 0.326. The summed E-state index contributed by atoms with van der Waals surface area (Å²) in [7, 11) is 0. The Morgan fingerprint density at radius 3 is 2.90 bits per heavy atom. The predicted molar refractivity (Wildman–Crippen MR) is 72.6 cm³/mol. The first-order valence-corrected chi connectivity index (χ1v) is 6.13. The highest BCUT2D eigenvalue weighted by Gasteiger charge is 2.12. The summed E-state index contributed by atoms with van der Waals surface area (Å²) in [6, 6.07) is 5.91. The van der Waals surface area contributed by atoms with E-state index in [4.69, 9.17) is 21.6 Å². The van der Waals surface area contributed by atoms with Crippen LogP contribution in [0, 0.1) is 17.1 Å². The number of hydrogen-bond acceptors (Lipinski definition) is 5. The van der Waals surface area contributed by atoms with Gasteiger partial charge in [-0.25, -0.2) is 14.4 Å². The van der Waals surface area contributed by atoms with E-state index in [2.05, 4.69) is 15.3 Å². The maximum absolute atomic E-state index is 13.8. The van der Waals surface area contributed by atoms with Crippen molar-refractivity contribution in [3.05, 3.63) is 40.9 Å². The van der Waals surface area contributed by atoms with Crippen molar-refractivity contribution in [3.8, 4) is 11.9 Å². The van der Waals surface area contributed by atoms with Gasteiger partial charge in [-0.2, -0.15) is 5.26 Å². The summed E-state index contributed by atoms with van der Waals surface area (Å²) in [5.41, 5.74) is 0.392. The van der Waals surface area contributed by atoms with Gasteiger partial charge in [0.2, 0.25) is 5.88 Å². The van der Waals surface area contributed by atoms with Crippen molar-refractivity contribution in [3.63, 3.8) is 0 Å². The van der Waals surface area contributed by atoms with E-state index in [0.29, 0.717) is 6.61 Å². The molecule has 5 nitrogen and oxygen atoms in total. The number of nitriles is 1. The fourth-order valence-electron chi connectivity index (χ4n) is 1.49. The molecular formula is C13H10ClFN4O. The second kappa shape index (κ2) is 6.17. The molecule has 0 spiro atoms. The maximum atomic E-state index is 13.8. The fourth-order valence-corrected chi connectivity index (χ4v) is 1.69. The van der Waals surface area contributed by atoms with Crippen molar-refractivity contribution in [1.82, 2.24) is 9.97 Å². The zero-order valence-corrected chi connectivity index (χ0v) is 11.3. The van der Waals surface area contributed by atoms with E-state index >= 15 is 0 Å². The molecule has 0 unspecified atom stereocenters. The number of halogens is 2. The molecule has 0 saturated carbocycles. The standard InChI is InChI=1S/C13H10ClFN4O/c1-2-20-13-11(14)12(17-7-18-13)19-10-4-3-8(6-16)5-9(10)15/h3-5,7H,2H2,1H3,(H,17,18,19). The summed E-state index contributed by atoms with van der Waals surface area (Å²) in [4.78, 5) is 7.81. The first-order valence-electron chi connectivity index (χ1n) is 5.75. The largest absolute Gasteiger partial charge is 0.477 e. The van der Waals surface area contributed by atoms with Gasteiger partial charge < -0.3 is 10.1 Å². The first-order chi connectivity index (χ1) is 9.65. The zero-order chi connectivity index (χ0) is 14.5. The smallest absolute Gasteiger partial charge is 0.237 e. The second-order valence-corrected chi connectivity index (χ2v) is 4.08. The Kier molecular flexibility index (Phi) is 4.33. The van der Waals surface area contributed by atoms with Crippen LogP contribution in [-0.2, 0) is 0 Å². The minimum atomic E-state index is -0.573. The number of aromatic nitrogens is 2. The summed E-state index contributed by atoms with van der Waals surface area (Å²) in [6.45, 7) is 2.20. The maximum Gasteiger partial charge on any atom is 0.237 e. The average molecular weight is 293 g/mol. The molecule has 1 aromatic carbocycles. The molecule has 0 fully saturated rings. The van der Waals surface area contributed by atoms with Gasteiger partial charge in [-0.1, -0.05) is 11.6 Å². The molecule has 1 heterocycles. The third-order valence-electron chi connectivity index (χ3n) is 2.39. The molecule has 0 radical (unpaired) electrons. The molecule has 1 N–H and O–H groups in total. The lowest BCUT2D eigenvalue weighted by atomic mass is 10.2. The minimum absolute atomic E-state index is 0.159. The molecule has 2 aromatic rings. The Labute approximate surface area is 120 Å². The Morgan fingerprint density at radius 1 is 1.45 bits per heavy atom. The van der Waals surface area contributed by atoms with Gasteiger partial charge in [0.1, 0.15) is 17.2 Å². The minimum Gasteiger partial charge on any atom is -0.477 e. The van der Waals surface area contributed by atoms with Crippen molar-refractivity contribution in [2.45, 2.75) is 6.92 Å². The number of nitrogens with one attached hydrogen (secondary N) is 1. The molecule has 0 aliphatic rings. The first kappa shape index (κ1) is 14.0. The average Bonchev–Trinajstić information content (AvgIpc) is 2.45. The van der Waals surface area contributed by atoms with E-state index in [1.165, 1.54) is 18.5 Å². The van der Waals surface area contributed by atoms with Gasteiger partial charge in [0.05, 0.1) is 23.9 Å². The molecule has 7 heteroatoms. The Morgan fingerprint density at radius 2 is 2.25 bits per heavy atom. The topological polar surface area (TPSA) is 70.8 Å². The van der Waals surface area contributed by atoms with Gasteiger partial charge in [0, 0.05) is 0 Å². The fraction of sp³-hybridized carbons (Fsp3) is 0.154. The highest BCUT2D eigenvalue weighted by molar-refractivity contribution is 6.34. The number of rotatable bonds is 4. The lowest BCUT2D eigenvalue weighted by Gasteiger charge is -2.10. The van der Waals surface area contributed by atoms with Crippen molar-refractivity contribution >= 4 is 23.1 Å². The molecule has 102 valence electrons. The molecule has 0 atom stereocenters. The molecule has 1 aromatic heterocycles. The quantitative estimate of drug-likeness (QED) is 0.936. The Balaban J connectivity index is 2.31. The highest BCUT2D eigenvalue weighted by atomic mass is 35.5. The van der Waals surface area contributed by atoms with Crippen LogP contribution in [-0.4, -0.2) is 16.6 Å². The van der Waals surface area contributed by atoms with Crippen molar-refractivity contribution in [2.75, 3.05) is 11.9 Å². The number of nitrogens with zero attached hydrogens (tertiary/aromatic N) is 3. The van der Waals surface area contributed by atoms with E-state index in [1.54, 1.807) is 6.92 Å². The van der Waals surface area contributed by atoms with Gasteiger partial charge in [-0.3, -0.25) is 0 Å². The molecule has 2 rings (SSSR count). The van der Waals surface area contributed by atoms with E-state index < -0.39 is 5.82 Å². The molecule has 0 bridgehead atoms. The van der Waals surface area contributed by atoms with Gasteiger partial charge in [-0.05, 0) is 25.1 Å². The SMILES string of the molecule is CCOc1ncnc(Nc2ccc(C#N)cc2F)c1Cl. The van der Waals surface area contributed by atoms with E-state index in [0.717, 1.165) is 6.07 Å². The van der Waals surface area contributed by atoms with E-state index in [-0.39, 0.29) is 28.0 Å². The summed E-state index contributed by atoms with van der Waals surface area (Å²) >= 11 is 6.06. The van der Waals surface area contributed by atoms with E-state index in [1.807, 2.05) is 6.07 Å². The van der Waals surface area contributed by atoms with Crippen LogP contribution in [0.15, 0.2) is 24.5 Å². The summed E-state index contributed by atoms with van der Waals surface area (Å²) in [5.74, 6) is -0.119. The molecule has 20 heavy (non-hydrogen) atoms. The predicted octanol–water partition coefficient (Wildman–Crippen LogP) is 3.28. The van der Waals surface area contributed by atoms with Crippen LogP contribution < -0.4 is 10.1 Å². The van der Waals surface area contributed by atoms with Gasteiger partial charge in [0.15, 0.2) is 5.82 Å². The van der Waals surface area contributed by atoms with Crippen molar-refractivity contribution in [2.24, 2.45) is 0 Å². The van der Waals surface area contributed by atoms with Crippen molar-refractivity contribution in [1.29, 1.82) is 5.26 Å². The van der Waals surface area contributed by atoms with Crippen LogP contribution in [0.3, 0.4) is 0 Å². The summed E-state index contributed by atoms with van der Waals surface area (Å²) in [5, 5.41) is 11.6. The third-order valence-corrected chi connectivity index (χ3v) is 2.73. The molecule has 0 aliphatic heterocycles. The second-order valence-electron chi connectivity index (χ2n) is 3.71. The Bertz CT molecular complexity index is 672. The van der Waals surface area contributed by atoms with Crippen LogP contribution in [0.4, 0.5) is 15.9 Å². The van der Waals surface area contributed by atoms with Crippen LogP contribution in [0.5, 0.6) is 5.88 Å². The van der Waals surface area contributed by atoms with Gasteiger partial charge in [-0.15, -0.1) is 0 Å². The van der Waals surface area contributed by atoms with Crippen LogP contribution in [0.2, 0.25) is 5.02 Å². The molecular weight excluding hydrogens is 283 g/mol. The summed E-state index contributed by atoms with van der Waals surface area (Å²) in [6.07, 6.45) is 1.26. The zero-order valence-electron chi connectivity index (χ0n) is 10.5. The van der Waals surface area contributed by atoms with Gasteiger partial charge >= 0.3 is 0 Å². The number of anilines is 2. The van der Waals surface area contributed by atoms with Gasteiger partial charge in [0.25, 0.3) is 0 Å². The van der Waals surface area contributed by atoms with Crippen LogP contribution in [0.1, 0.15) is 12.5 Å².